The van der Waals surface area contributed by atoms with E-state index in [9.17, 15) is 4.79 Å². The Hall–Kier alpha value is -2.59. The summed E-state index contributed by atoms with van der Waals surface area (Å²) in [5.41, 5.74) is 5.08. The van der Waals surface area contributed by atoms with E-state index in [1.165, 1.54) is 16.7 Å². The molecule has 0 bridgehead atoms. The highest BCUT2D eigenvalue weighted by atomic mass is 16.5. The average molecular weight is 363 g/mol. The molecule has 2 aliphatic rings. The summed E-state index contributed by atoms with van der Waals surface area (Å²) in [4.78, 5) is 13.7. The van der Waals surface area contributed by atoms with Gasteiger partial charge in [-0.1, -0.05) is 23.8 Å². The van der Waals surface area contributed by atoms with Gasteiger partial charge >= 0.3 is 0 Å². The van der Waals surface area contributed by atoms with Crippen LogP contribution in [0.5, 0.6) is 17.2 Å². The fraction of sp³-hybridized carbons (Fsp3) is 0.348. The van der Waals surface area contributed by atoms with Gasteiger partial charge in [-0.3, -0.25) is 4.79 Å². The molecule has 0 N–H and O–H groups in total. The van der Waals surface area contributed by atoms with Crippen molar-refractivity contribution in [3.63, 3.8) is 0 Å². The summed E-state index contributed by atoms with van der Waals surface area (Å²) in [6.07, 6.45) is 2.69. The predicted octanol–water partition coefficient (Wildman–Crippen LogP) is 4.68. The van der Waals surface area contributed by atoms with E-state index in [-0.39, 0.29) is 5.78 Å². The van der Waals surface area contributed by atoms with Crippen molar-refractivity contribution < 1.29 is 14.3 Å². The van der Waals surface area contributed by atoms with Gasteiger partial charge in [0.1, 0.15) is 23.0 Å². The molecule has 0 radical (unpaired) electrons. The van der Waals surface area contributed by atoms with E-state index in [1.807, 2.05) is 24.3 Å². The highest BCUT2D eigenvalue weighted by Crippen LogP contribution is 2.47. The molecule has 1 saturated heterocycles. The number of fused-ring (bicyclic) bond motifs is 2. The summed E-state index contributed by atoms with van der Waals surface area (Å²) in [7, 11) is 1.68. The second-order valence-electron chi connectivity index (χ2n) is 7.23. The minimum absolute atomic E-state index is 0.264. The van der Waals surface area contributed by atoms with Crippen LogP contribution in [0.2, 0.25) is 0 Å². The van der Waals surface area contributed by atoms with Gasteiger partial charge < -0.3 is 14.4 Å². The van der Waals surface area contributed by atoms with Gasteiger partial charge in [0, 0.05) is 43.2 Å². The lowest BCUT2D eigenvalue weighted by Gasteiger charge is -2.32. The number of para-hydroxylation sites is 1. The van der Waals surface area contributed by atoms with Gasteiger partial charge in [-0.2, -0.15) is 0 Å². The van der Waals surface area contributed by atoms with Gasteiger partial charge in [0.2, 0.25) is 0 Å². The molecular weight excluding hydrogens is 338 g/mol. The molecule has 0 unspecified atom stereocenters. The Morgan fingerprint density at radius 3 is 2.56 bits per heavy atom. The Morgan fingerprint density at radius 1 is 1.07 bits per heavy atom. The molecule has 2 aromatic carbocycles. The molecule has 140 valence electrons. The molecule has 1 fully saturated rings. The minimum Gasteiger partial charge on any atom is -0.497 e. The lowest BCUT2D eigenvalue weighted by atomic mass is 9.86. The third-order valence-electron chi connectivity index (χ3n) is 5.43. The quantitative estimate of drug-likeness (QED) is 0.675. The molecule has 0 amide bonds. The third-order valence-corrected chi connectivity index (χ3v) is 5.43. The first-order valence-electron chi connectivity index (χ1n) is 9.55. The first-order valence-corrected chi connectivity index (χ1v) is 9.55. The van der Waals surface area contributed by atoms with Gasteiger partial charge in [0.05, 0.1) is 7.11 Å². The van der Waals surface area contributed by atoms with Gasteiger partial charge in [0.15, 0.2) is 0 Å². The first kappa shape index (κ1) is 17.8. The summed E-state index contributed by atoms with van der Waals surface area (Å²) in [5.74, 6) is 2.83. The zero-order chi connectivity index (χ0) is 18.8. The lowest BCUT2D eigenvalue weighted by Crippen LogP contribution is -2.32. The van der Waals surface area contributed by atoms with E-state index < -0.39 is 0 Å². The summed E-state index contributed by atoms with van der Waals surface area (Å²) in [6, 6.07) is 14.3. The van der Waals surface area contributed by atoms with Crippen molar-refractivity contribution in [3.8, 4) is 17.2 Å². The van der Waals surface area contributed by atoms with Gasteiger partial charge in [-0.15, -0.1) is 0 Å². The Bertz CT molecular complexity index is 890. The van der Waals surface area contributed by atoms with Crippen LogP contribution in [-0.4, -0.2) is 37.4 Å². The maximum Gasteiger partial charge on any atom is 0.138 e. The van der Waals surface area contributed by atoms with Gasteiger partial charge in [0.25, 0.3) is 0 Å². The number of rotatable bonds is 4. The standard InChI is InChI=1S/C23H25NO3/c1-16(25)9-12-24-13-10-17(11-14-24)23-19-5-3-4-6-21(19)27-22-15-18(26-2)7-8-20(22)23/h3-8,15H,9-14H2,1-2H3. The number of benzene rings is 2. The number of likely N-dealkylation sites (tertiary alicyclic amines) is 1. The minimum atomic E-state index is 0.264. The van der Waals surface area contributed by atoms with Crippen molar-refractivity contribution in [2.75, 3.05) is 26.7 Å². The number of hydrogen-bond donors (Lipinski definition) is 0. The largest absolute Gasteiger partial charge is 0.497 e. The van der Waals surface area contributed by atoms with E-state index in [0.29, 0.717) is 6.42 Å². The highest BCUT2D eigenvalue weighted by molar-refractivity contribution is 5.90. The average Bonchev–Trinajstić information content (AvgIpc) is 2.70. The first-order chi connectivity index (χ1) is 13.2. The zero-order valence-electron chi connectivity index (χ0n) is 16.0. The normalized spacial score (nSPS) is 16.4. The van der Waals surface area contributed by atoms with E-state index in [0.717, 1.165) is 55.3 Å². The van der Waals surface area contributed by atoms with Crippen molar-refractivity contribution in [1.82, 2.24) is 4.90 Å². The van der Waals surface area contributed by atoms with E-state index in [4.69, 9.17) is 9.47 Å². The molecule has 0 atom stereocenters. The van der Waals surface area contributed by atoms with Crippen molar-refractivity contribution >= 4 is 11.4 Å². The van der Waals surface area contributed by atoms with Crippen LogP contribution in [0.25, 0.3) is 5.57 Å². The molecule has 27 heavy (non-hydrogen) atoms. The third kappa shape index (κ3) is 3.62. The second kappa shape index (κ2) is 7.57. The topological polar surface area (TPSA) is 38.8 Å². The Morgan fingerprint density at radius 2 is 1.81 bits per heavy atom. The van der Waals surface area contributed by atoms with E-state index in [1.54, 1.807) is 14.0 Å². The molecule has 2 heterocycles. The molecule has 0 aromatic heterocycles. The molecule has 2 aromatic rings. The van der Waals surface area contributed by atoms with E-state index >= 15 is 0 Å². The summed E-state index contributed by atoms with van der Waals surface area (Å²) >= 11 is 0. The van der Waals surface area contributed by atoms with Crippen LogP contribution in [0.4, 0.5) is 0 Å². The summed E-state index contributed by atoms with van der Waals surface area (Å²) in [5, 5.41) is 0. The molecule has 0 spiro atoms. The number of ketones is 1. The molecular formula is C23H25NO3. The number of Topliss-reactive ketones (excluding diaryl/α,β-unsaturated/α-hetero) is 1. The number of ether oxygens (including phenoxy) is 2. The number of carbonyl (C=O) groups is 1. The van der Waals surface area contributed by atoms with Crippen LogP contribution in [-0.2, 0) is 4.79 Å². The smallest absolute Gasteiger partial charge is 0.138 e. The monoisotopic (exact) mass is 363 g/mol. The van der Waals surface area contributed by atoms with Crippen LogP contribution in [0.15, 0.2) is 48.0 Å². The van der Waals surface area contributed by atoms with Crippen molar-refractivity contribution in [1.29, 1.82) is 0 Å². The molecule has 4 rings (SSSR count). The number of piperidine rings is 1. The predicted molar refractivity (Wildman–Crippen MR) is 107 cm³/mol. The fourth-order valence-electron chi connectivity index (χ4n) is 3.94. The second-order valence-corrected chi connectivity index (χ2v) is 7.23. The maximum absolute atomic E-state index is 11.3. The Balaban J connectivity index is 1.68. The summed E-state index contributed by atoms with van der Waals surface area (Å²) < 4.78 is 11.5. The van der Waals surface area contributed by atoms with Crippen LogP contribution < -0.4 is 9.47 Å². The zero-order valence-corrected chi connectivity index (χ0v) is 16.0. The van der Waals surface area contributed by atoms with Gasteiger partial charge in [-0.05, 0) is 43.5 Å². The van der Waals surface area contributed by atoms with Crippen LogP contribution >= 0.6 is 0 Å². The maximum atomic E-state index is 11.3. The van der Waals surface area contributed by atoms with Crippen molar-refractivity contribution in [3.05, 3.63) is 59.2 Å². The van der Waals surface area contributed by atoms with E-state index in [2.05, 4.69) is 23.1 Å². The number of hydrogen-bond acceptors (Lipinski definition) is 4. The highest BCUT2D eigenvalue weighted by Gasteiger charge is 2.26. The number of methoxy groups -OCH3 is 1. The van der Waals surface area contributed by atoms with Crippen LogP contribution in [0.1, 0.15) is 37.3 Å². The number of nitrogens with zero attached hydrogens (tertiary/aromatic N) is 1. The Kier molecular flexibility index (Phi) is 4.99. The summed E-state index contributed by atoms with van der Waals surface area (Å²) in [6.45, 7) is 4.54. The molecule has 4 nitrogen and oxygen atoms in total. The van der Waals surface area contributed by atoms with Crippen molar-refractivity contribution in [2.45, 2.75) is 26.2 Å². The number of carbonyl (C=O) groups excluding carboxylic acids is 1. The molecule has 0 saturated carbocycles. The van der Waals surface area contributed by atoms with Crippen molar-refractivity contribution in [2.24, 2.45) is 0 Å². The molecule has 4 heteroatoms. The molecule has 0 aliphatic carbocycles. The SMILES string of the molecule is COc1ccc2c(c1)Oc1ccccc1C2=C1CCN(CCC(C)=O)CC1. The Labute approximate surface area is 160 Å². The van der Waals surface area contributed by atoms with Gasteiger partial charge in [-0.25, -0.2) is 0 Å². The lowest BCUT2D eigenvalue weighted by molar-refractivity contribution is -0.117. The van der Waals surface area contributed by atoms with Crippen LogP contribution in [0, 0.1) is 0 Å². The molecule has 2 aliphatic heterocycles. The fourth-order valence-corrected chi connectivity index (χ4v) is 3.94. The van der Waals surface area contributed by atoms with Crippen LogP contribution in [0.3, 0.4) is 0 Å².